The van der Waals surface area contributed by atoms with Crippen molar-refractivity contribution in [1.29, 1.82) is 0 Å². The number of amides is 1. The van der Waals surface area contributed by atoms with Gasteiger partial charge in [0.2, 0.25) is 5.88 Å². The number of nitrogens with one attached hydrogen (secondary N) is 1. The maximum Gasteiger partial charge on any atom is 0.251 e. The molecule has 39 heavy (non-hydrogen) atoms. The lowest BCUT2D eigenvalue weighted by Gasteiger charge is -2.21. The highest BCUT2D eigenvalue weighted by molar-refractivity contribution is 6.02. The third-order valence-corrected chi connectivity index (χ3v) is 6.59. The molecule has 0 atom stereocenters. The quantitative estimate of drug-likeness (QED) is 0.296. The Kier molecular flexibility index (Phi) is 7.33. The number of methoxy groups -OCH3 is 2. The number of nitrogens with zero attached hydrogens (tertiary/aromatic N) is 2. The average molecular weight is 536 g/mol. The van der Waals surface area contributed by atoms with Crippen molar-refractivity contribution in [2.75, 3.05) is 27.6 Å². The predicted molar refractivity (Wildman–Crippen MR) is 140 cm³/mol. The summed E-state index contributed by atoms with van der Waals surface area (Å²) in [6.45, 7) is 0.531. The van der Waals surface area contributed by atoms with Crippen LogP contribution in [-0.4, -0.2) is 43.1 Å². The van der Waals surface area contributed by atoms with E-state index >= 15 is 0 Å². The zero-order valence-corrected chi connectivity index (χ0v) is 21.3. The number of halogens is 1. The number of aromatic hydroxyl groups is 1. The van der Waals surface area contributed by atoms with Crippen molar-refractivity contribution >= 4 is 22.5 Å². The maximum atomic E-state index is 14.3. The number of carbonyl (C=O) groups excluding carboxylic acids is 1. The van der Waals surface area contributed by atoms with E-state index in [0.29, 0.717) is 57.8 Å². The van der Waals surface area contributed by atoms with Gasteiger partial charge in [-0.2, -0.15) is 0 Å². The van der Waals surface area contributed by atoms with Crippen LogP contribution in [0, 0.1) is 10.7 Å². The van der Waals surface area contributed by atoms with Crippen LogP contribution in [0.4, 0.5) is 10.1 Å². The van der Waals surface area contributed by atoms with Crippen LogP contribution < -0.4 is 19.5 Å². The summed E-state index contributed by atoms with van der Waals surface area (Å²) in [4.78, 5) is 24.5. The lowest BCUT2D eigenvalue weighted by atomic mass is 10.1. The summed E-state index contributed by atoms with van der Waals surface area (Å²) in [6, 6.07) is 12.8. The molecule has 5 rings (SSSR count). The molecule has 0 saturated heterocycles. The van der Waals surface area contributed by atoms with Gasteiger partial charge in [0.15, 0.2) is 24.0 Å². The van der Waals surface area contributed by atoms with Crippen LogP contribution in [0.2, 0.25) is 0 Å². The molecule has 0 unspecified atom stereocenters. The summed E-state index contributed by atoms with van der Waals surface area (Å²) in [5.74, 6) is 0.452. The molecule has 4 aromatic rings. The summed E-state index contributed by atoms with van der Waals surface area (Å²) >= 11 is 0. The predicted octanol–water partition coefficient (Wildman–Crippen LogP) is 4.79. The second-order valence-electron chi connectivity index (χ2n) is 8.94. The first-order valence-electron chi connectivity index (χ1n) is 12.1. The van der Waals surface area contributed by atoms with Gasteiger partial charge in [-0.15, -0.1) is 4.91 Å². The molecule has 2 heterocycles. The molecular weight excluding hydrogens is 509 g/mol. The van der Waals surface area contributed by atoms with Gasteiger partial charge in [-0.3, -0.25) is 4.79 Å². The first-order chi connectivity index (χ1) is 18.9. The van der Waals surface area contributed by atoms with Crippen LogP contribution in [-0.2, 0) is 24.3 Å². The monoisotopic (exact) mass is 535 g/mol. The molecule has 0 radical (unpaired) electrons. The fourth-order valence-electron chi connectivity index (χ4n) is 4.71. The number of carbonyl (C=O) groups is 1. The lowest BCUT2D eigenvalue weighted by molar-refractivity contribution is -0.0173. The van der Waals surface area contributed by atoms with E-state index in [1.165, 1.54) is 16.7 Å². The van der Waals surface area contributed by atoms with Gasteiger partial charge in [-0.25, -0.2) is 4.39 Å². The average Bonchev–Trinajstić information content (AvgIpc) is 3.22. The third-order valence-electron chi connectivity index (χ3n) is 6.59. The molecule has 2 N–H and O–H groups in total. The number of nitroso groups, excluding NO2 is 1. The largest absolute Gasteiger partial charge is 0.493 e. The van der Waals surface area contributed by atoms with Crippen molar-refractivity contribution in [2.45, 2.75) is 19.6 Å². The van der Waals surface area contributed by atoms with Gasteiger partial charge >= 0.3 is 0 Å². The zero-order valence-electron chi connectivity index (χ0n) is 21.3. The van der Waals surface area contributed by atoms with Crippen LogP contribution in [0.15, 0.2) is 53.7 Å². The number of hydrogen-bond acceptors (Lipinski definition) is 8. The second-order valence-corrected chi connectivity index (χ2v) is 8.94. The molecule has 0 saturated carbocycles. The van der Waals surface area contributed by atoms with Gasteiger partial charge in [0.05, 0.1) is 32.9 Å². The van der Waals surface area contributed by atoms with E-state index in [1.54, 1.807) is 38.5 Å². The Labute approximate surface area is 222 Å². The Bertz CT molecular complexity index is 1570. The van der Waals surface area contributed by atoms with E-state index in [2.05, 4.69) is 10.5 Å². The molecule has 0 spiro atoms. The van der Waals surface area contributed by atoms with E-state index in [0.717, 1.165) is 5.56 Å². The SMILES string of the molecule is COc1ccc(CCNC(=O)c2ccc3c(N=O)c(O)n(Cc4cc(F)cc5c4OCOC5)c3c2)cc1OC. The summed E-state index contributed by atoms with van der Waals surface area (Å²) in [7, 11) is 3.12. The van der Waals surface area contributed by atoms with Gasteiger partial charge in [0, 0.05) is 28.6 Å². The molecule has 0 bridgehead atoms. The summed E-state index contributed by atoms with van der Waals surface area (Å²) < 4.78 is 37.1. The maximum absolute atomic E-state index is 14.3. The molecule has 1 aliphatic heterocycles. The Balaban J connectivity index is 1.40. The molecule has 0 fully saturated rings. The Morgan fingerprint density at radius 3 is 2.72 bits per heavy atom. The minimum atomic E-state index is -0.489. The summed E-state index contributed by atoms with van der Waals surface area (Å²) in [5.41, 5.74) is 2.48. The minimum Gasteiger partial charge on any atom is -0.493 e. The number of hydrogen-bond donors (Lipinski definition) is 2. The van der Waals surface area contributed by atoms with Gasteiger partial charge in [-0.05, 0) is 59.6 Å². The number of fused-ring (bicyclic) bond motifs is 2. The molecule has 1 aromatic heterocycles. The zero-order chi connectivity index (χ0) is 27.5. The van der Waals surface area contributed by atoms with Crippen LogP contribution >= 0.6 is 0 Å². The Hall–Kier alpha value is -4.64. The van der Waals surface area contributed by atoms with Crippen LogP contribution in [0.1, 0.15) is 27.0 Å². The van der Waals surface area contributed by atoms with Gasteiger partial charge in [0.1, 0.15) is 11.6 Å². The van der Waals surface area contributed by atoms with E-state index < -0.39 is 11.7 Å². The van der Waals surface area contributed by atoms with E-state index in [1.807, 2.05) is 12.1 Å². The first kappa shape index (κ1) is 26.0. The van der Waals surface area contributed by atoms with Crippen LogP contribution in [0.3, 0.4) is 0 Å². The van der Waals surface area contributed by atoms with Crippen molar-refractivity contribution in [3.05, 3.63) is 81.5 Å². The van der Waals surface area contributed by atoms with Crippen molar-refractivity contribution in [3.8, 4) is 23.1 Å². The van der Waals surface area contributed by atoms with Gasteiger partial charge in [-0.1, -0.05) is 6.07 Å². The summed E-state index contributed by atoms with van der Waals surface area (Å²) in [6.07, 6.45) is 0.555. The fourth-order valence-corrected chi connectivity index (χ4v) is 4.71. The Morgan fingerprint density at radius 2 is 1.95 bits per heavy atom. The second kappa shape index (κ2) is 11.0. The Morgan fingerprint density at radius 1 is 1.13 bits per heavy atom. The normalized spacial score (nSPS) is 12.5. The fraction of sp³-hybridized carbons (Fsp3) is 0.250. The molecule has 1 aliphatic rings. The van der Waals surface area contributed by atoms with Gasteiger partial charge < -0.3 is 33.9 Å². The van der Waals surface area contributed by atoms with Crippen molar-refractivity contribution in [3.63, 3.8) is 0 Å². The van der Waals surface area contributed by atoms with E-state index in [9.17, 15) is 19.2 Å². The van der Waals surface area contributed by atoms with Crippen molar-refractivity contribution in [2.24, 2.45) is 5.18 Å². The van der Waals surface area contributed by atoms with Crippen LogP contribution in [0.25, 0.3) is 10.9 Å². The molecule has 1 amide bonds. The molecule has 10 nitrogen and oxygen atoms in total. The molecule has 3 aromatic carbocycles. The van der Waals surface area contributed by atoms with Crippen molar-refractivity contribution in [1.82, 2.24) is 9.88 Å². The standard InChI is InChI=1S/C28H26FN3O7/c1-36-23-6-3-16(9-24(23)37-2)7-8-30-27(33)17-4-5-21-22(12-17)32(28(34)25(21)31-35)13-18-10-20(29)11-19-14-38-15-39-26(18)19/h3-6,9-12,34H,7-8,13-15H2,1-2H3,(H,30,33). The topological polar surface area (TPSA) is 121 Å². The lowest BCUT2D eigenvalue weighted by Crippen LogP contribution is -2.25. The van der Waals surface area contributed by atoms with E-state index in [4.69, 9.17) is 18.9 Å². The van der Waals surface area contributed by atoms with E-state index in [-0.39, 0.29) is 31.5 Å². The third kappa shape index (κ3) is 5.08. The molecular formula is C28H26FN3O7. The van der Waals surface area contributed by atoms with Crippen molar-refractivity contribution < 1.29 is 33.2 Å². The molecule has 11 heteroatoms. The van der Waals surface area contributed by atoms with Gasteiger partial charge in [0.25, 0.3) is 5.91 Å². The number of ether oxygens (including phenoxy) is 4. The molecule has 202 valence electrons. The summed E-state index contributed by atoms with van der Waals surface area (Å²) in [5, 5.41) is 17.0. The molecule has 0 aliphatic carbocycles. The highest BCUT2D eigenvalue weighted by Gasteiger charge is 2.23. The van der Waals surface area contributed by atoms with Crippen LogP contribution in [0.5, 0.6) is 23.1 Å². The number of benzene rings is 3. The minimum absolute atomic E-state index is 0.0127. The number of aromatic nitrogens is 1. The first-order valence-corrected chi connectivity index (χ1v) is 12.1. The highest BCUT2D eigenvalue weighted by Crippen LogP contribution is 2.40. The highest BCUT2D eigenvalue weighted by atomic mass is 19.1. The smallest absolute Gasteiger partial charge is 0.251 e. The number of rotatable bonds is 9.